The number of amides is 4. The number of ether oxygens (including phenoxy) is 2. The Hall–Kier alpha value is -4.51. The highest BCUT2D eigenvalue weighted by atomic mass is 19.1. The summed E-state index contributed by atoms with van der Waals surface area (Å²) in [5.74, 6) is -0.801. The summed E-state index contributed by atoms with van der Waals surface area (Å²) in [5.41, 5.74) is 0.615. The quantitative estimate of drug-likeness (QED) is 0.460. The second kappa shape index (κ2) is 12.8. The van der Waals surface area contributed by atoms with Crippen LogP contribution >= 0.6 is 0 Å². The molecule has 0 bridgehead atoms. The van der Waals surface area contributed by atoms with E-state index in [2.05, 4.69) is 20.5 Å². The number of halogens is 1. The molecule has 3 aromatic rings. The van der Waals surface area contributed by atoms with Crippen LogP contribution in [0.4, 0.5) is 19.7 Å². The molecule has 10 nitrogen and oxygen atoms in total. The molecule has 1 aliphatic heterocycles. The molecule has 2 aromatic carbocycles. The number of hydrogen-bond donors (Lipinski definition) is 2. The van der Waals surface area contributed by atoms with Crippen LogP contribution in [-0.2, 0) is 11.2 Å². The normalized spacial score (nSPS) is 13.6. The number of pyridine rings is 1. The minimum absolute atomic E-state index is 0.0156. The Morgan fingerprint density at radius 3 is 2.44 bits per heavy atom. The molecule has 0 radical (unpaired) electrons. The maximum absolute atomic E-state index is 14.6. The van der Waals surface area contributed by atoms with Gasteiger partial charge in [-0.25, -0.2) is 19.0 Å². The van der Waals surface area contributed by atoms with Gasteiger partial charge in [-0.05, 0) is 50.7 Å². The Balaban J connectivity index is 1.29. The van der Waals surface area contributed by atoms with Crippen molar-refractivity contribution < 1.29 is 28.2 Å². The van der Waals surface area contributed by atoms with Gasteiger partial charge in [0.25, 0.3) is 0 Å². The van der Waals surface area contributed by atoms with Gasteiger partial charge in [0.1, 0.15) is 17.3 Å². The highest BCUT2D eigenvalue weighted by Gasteiger charge is 2.25. The average Bonchev–Trinajstić information content (AvgIpc) is 2.91. The topological polar surface area (TPSA) is 113 Å². The fourth-order valence-electron chi connectivity index (χ4n) is 4.13. The molecule has 0 unspecified atom stereocenters. The van der Waals surface area contributed by atoms with E-state index in [1.165, 1.54) is 30.5 Å². The molecule has 0 atom stereocenters. The molecule has 0 saturated carbocycles. The van der Waals surface area contributed by atoms with Gasteiger partial charge in [-0.15, -0.1) is 0 Å². The predicted octanol–water partition coefficient (Wildman–Crippen LogP) is 4.43. The highest BCUT2D eigenvalue weighted by Crippen LogP contribution is 2.27. The van der Waals surface area contributed by atoms with E-state index >= 15 is 0 Å². The largest absolute Gasteiger partial charge is 0.457 e. The Morgan fingerprint density at radius 2 is 1.74 bits per heavy atom. The van der Waals surface area contributed by atoms with Crippen LogP contribution in [0.1, 0.15) is 18.4 Å². The van der Waals surface area contributed by atoms with Gasteiger partial charge < -0.3 is 24.6 Å². The maximum atomic E-state index is 14.6. The van der Waals surface area contributed by atoms with E-state index in [1.54, 1.807) is 29.2 Å². The lowest BCUT2D eigenvalue weighted by Gasteiger charge is -2.34. The van der Waals surface area contributed by atoms with Crippen LogP contribution in [0, 0.1) is 5.82 Å². The number of hydrogen-bond acceptors (Lipinski definition) is 7. The first-order valence-electron chi connectivity index (χ1n) is 12.5. The lowest BCUT2D eigenvalue weighted by molar-refractivity contribution is -0.119. The molecule has 4 amide bonds. The van der Waals surface area contributed by atoms with E-state index in [1.807, 2.05) is 20.2 Å². The first-order chi connectivity index (χ1) is 18.8. The molecule has 1 saturated heterocycles. The smallest absolute Gasteiger partial charge is 0.416 e. The number of imide groups is 1. The van der Waals surface area contributed by atoms with Crippen molar-refractivity contribution in [2.24, 2.45) is 0 Å². The molecule has 1 aromatic heterocycles. The molecule has 2 heterocycles. The number of urea groups is 1. The molecule has 1 fully saturated rings. The number of benzene rings is 2. The van der Waals surface area contributed by atoms with Gasteiger partial charge in [0.05, 0.1) is 12.1 Å². The third kappa shape index (κ3) is 7.99. The van der Waals surface area contributed by atoms with Crippen molar-refractivity contribution >= 4 is 23.7 Å². The van der Waals surface area contributed by atoms with Crippen molar-refractivity contribution in [3.63, 3.8) is 0 Å². The molecule has 1 aliphatic rings. The van der Waals surface area contributed by atoms with Crippen molar-refractivity contribution in [3.05, 3.63) is 78.2 Å². The van der Waals surface area contributed by atoms with E-state index in [-0.39, 0.29) is 29.5 Å². The second-order valence-electron chi connectivity index (χ2n) is 9.29. The van der Waals surface area contributed by atoms with Crippen molar-refractivity contribution in [3.8, 4) is 17.4 Å². The number of carbonyl (C=O) groups is 3. The van der Waals surface area contributed by atoms with E-state index in [0.717, 1.165) is 24.5 Å². The lowest BCUT2D eigenvalue weighted by atomic mass is 10.0. The number of carbonyl (C=O) groups excluding carboxylic acids is 3. The maximum Gasteiger partial charge on any atom is 0.416 e. The van der Waals surface area contributed by atoms with Crippen molar-refractivity contribution in [2.75, 3.05) is 32.5 Å². The number of likely N-dealkylation sites (tertiary alicyclic amines) is 1. The summed E-state index contributed by atoms with van der Waals surface area (Å²) >= 11 is 0. The van der Waals surface area contributed by atoms with E-state index in [4.69, 9.17) is 9.47 Å². The molecule has 2 N–H and O–H groups in total. The number of nitrogens with one attached hydrogen (secondary N) is 2. The van der Waals surface area contributed by atoms with Crippen LogP contribution in [0.2, 0.25) is 0 Å². The molecular weight excluding hydrogens is 505 g/mol. The van der Waals surface area contributed by atoms with Gasteiger partial charge in [-0.3, -0.25) is 10.1 Å². The molecule has 0 spiro atoms. The Labute approximate surface area is 225 Å². The minimum Gasteiger partial charge on any atom is -0.457 e. The molecule has 204 valence electrons. The van der Waals surface area contributed by atoms with Crippen LogP contribution in [0.15, 0.2) is 66.9 Å². The summed E-state index contributed by atoms with van der Waals surface area (Å²) in [6.45, 7) is 1.19. The molecule has 11 heteroatoms. The second-order valence-corrected chi connectivity index (χ2v) is 9.29. The van der Waals surface area contributed by atoms with Gasteiger partial charge in [-0.1, -0.05) is 30.3 Å². The number of aromatic nitrogens is 1. The highest BCUT2D eigenvalue weighted by molar-refractivity contribution is 6.01. The zero-order chi connectivity index (χ0) is 27.8. The van der Waals surface area contributed by atoms with Gasteiger partial charge >= 0.3 is 12.1 Å². The fraction of sp³-hybridized carbons (Fsp3) is 0.286. The van der Waals surface area contributed by atoms with E-state index in [9.17, 15) is 18.8 Å². The number of piperidine rings is 1. The Bertz CT molecular complexity index is 1310. The lowest BCUT2D eigenvalue weighted by Crippen LogP contribution is -2.45. The predicted molar refractivity (Wildman–Crippen MR) is 142 cm³/mol. The monoisotopic (exact) mass is 535 g/mol. The van der Waals surface area contributed by atoms with Crippen LogP contribution < -0.4 is 20.1 Å². The first-order valence-corrected chi connectivity index (χ1v) is 12.5. The minimum atomic E-state index is -0.852. The van der Waals surface area contributed by atoms with Gasteiger partial charge in [0, 0.05) is 37.5 Å². The van der Waals surface area contributed by atoms with Crippen molar-refractivity contribution in [1.29, 1.82) is 0 Å². The van der Waals surface area contributed by atoms with Crippen molar-refractivity contribution in [2.45, 2.75) is 25.3 Å². The third-order valence-electron chi connectivity index (χ3n) is 6.24. The van der Waals surface area contributed by atoms with Crippen molar-refractivity contribution in [1.82, 2.24) is 20.1 Å². The molecule has 0 aliphatic carbocycles. The first kappa shape index (κ1) is 27.5. The average molecular weight is 536 g/mol. The summed E-state index contributed by atoms with van der Waals surface area (Å²) in [7, 11) is 4.05. The Kier molecular flexibility index (Phi) is 9.06. The van der Waals surface area contributed by atoms with Gasteiger partial charge in [0.2, 0.25) is 11.8 Å². The molecular formula is C28H30FN5O5. The van der Waals surface area contributed by atoms with E-state index < -0.39 is 23.8 Å². The SMILES string of the molecule is CN(C)C1CCN(C(=O)Oc2cc(Oc3ccc(NC(=O)NC(=O)Cc4ccccc4)c(F)c3)ccn2)CC1. The summed E-state index contributed by atoms with van der Waals surface area (Å²) in [5, 5.41) is 4.48. The summed E-state index contributed by atoms with van der Waals surface area (Å²) in [4.78, 5) is 44.6. The van der Waals surface area contributed by atoms with Gasteiger partial charge in [0.15, 0.2) is 0 Å². The van der Waals surface area contributed by atoms with E-state index in [0.29, 0.717) is 19.1 Å². The summed E-state index contributed by atoms with van der Waals surface area (Å²) in [6.07, 6.45) is 2.67. The number of rotatable bonds is 7. The van der Waals surface area contributed by atoms with Crippen LogP contribution in [0.5, 0.6) is 17.4 Å². The third-order valence-corrected chi connectivity index (χ3v) is 6.24. The Morgan fingerprint density at radius 1 is 1.03 bits per heavy atom. The molecule has 39 heavy (non-hydrogen) atoms. The summed E-state index contributed by atoms with van der Waals surface area (Å²) < 4.78 is 25.7. The zero-order valence-corrected chi connectivity index (χ0v) is 21.7. The standard InChI is InChI=1S/C28H30FN5O5/c1-33(2)20-11-14-34(15-12-20)28(37)39-26-18-22(10-13-30-26)38-21-8-9-24(23(29)17-21)31-27(36)32-25(35)16-19-6-4-3-5-7-19/h3-10,13,17-18,20H,11-12,14-16H2,1-2H3,(H2,31,32,35,36). The summed E-state index contributed by atoms with van der Waals surface area (Å²) in [6, 6.07) is 15.3. The molecule has 4 rings (SSSR count). The number of anilines is 1. The number of nitrogens with zero attached hydrogens (tertiary/aromatic N) is 3. The fourth-order valence-corrected chi connectivity index (χ4v) is 4.13. The zero-order valence-electron chi connectivity index (χ0n) is 21.7. The van der Waals surface area contributed by atoms with Crippen LogP contribution in [-0.4, -0.2) is 66.0 Å². The van der Waals surface area contributed by atoms with Crippen LogP contribution in [0.25, 0.3) is 0 Å². The van der Waals surface area contributed by atoms with Crippen LogP contribution in [0.3, 0.4) is 0 Å². The van der Waals surface area contributed by atoms with Gasteiger partial charge in [-0.2, -0.15) is 0 Å².